The Labute approximate surface area is 102 Å². The molecule has 2 rings (SSSR count). The minimum atomic E-state index is 0.0271. The third kappa shape index (κ3) is 2.78. The minimum absolute atomic E-state index is 0.0271. The Hall–Kier alpha value is -1.51. The lowest BCUT2D eigenvalue weighted by Gasteiger charge is -2.35. The lowest BCUT2D eigenvalue weighted by molar-refractivity contribution is 0.0623. The summed E-state index contributed by atoms with van der Waals surface area (Å²) in [5.74, 6) is 1.29. The van der Waals surface area contributed by atoms with Crippen molar-refractivity contribution in [3.05, 3.63) is 29.8 Å². The van der Waals surface area contributed by atoms with Crippen LogP contribution in [0.15, 0.2) is 24.3 Å². The molecule has 1 N–H and O–H groups in total. The fourth-order valence-electron chi connectivity index (χ4n) is 2.65. The molecule has 1 heterocycles. The molecule has 1 amide bonds. The quantitative estimate of drug-likeness (QED) is 0.809. The molecule has 1 saturated heterocycles. The highest BCUT2D eigenvalue weighted by molar-refractivity contribution is 5.94. The van der Waals surface area contributed by atoms with Gasteiger partial charge in [0, 0.05) is 18.7 Å². The van der Waals surface area contributed by atoms with Crippen LogP contribution in [0.5, 0.6) is 5.75 Å². The molecule has 1 fully saturated rings. The number of aromatic hydroxyl groups is 1. The fraction of sp³-hybridized carbons (Fsp3) is 0.500. The number of carbonyl (C=O) groups is 1. The molecular weight excluding hydrogens is 214 g/mol. The average molecular weight is 233 g/mol. The van der Waals surface area contributed by atoms with Crippen molar-refractivity contribution in [1.29, 1.82) is 0 Å². The number of carbonyl (C=O) groups excluding carboxylic acids is 1. The highest BCUT2D eigenvalue weighted by Crippen LogP contribution is 2.23. The van der Waals surface area contributed by atoms with E-state index in [-0.39, 0.29) is 11.7 Å². The standard InChI is InChI=1S/C14H19NO2/c1-10-6-11(2)9-15(8-10)14(17)12-4-3-5-13(16)7-12/h3-5,7,10-11,16H,6,8-9H2,1-2H3. The van der Waals surface area contributed by atoms with Gasteiger partial charge in [0.2, 0.25) is 0 Å². The van der Waals surface area contributed by atoms with Gasteiger partial charge in [0.15, 0.2) is 0 Å². The summed E-state index contributed by atoms with van der Waals surface area (Å²) in [6.07, 6.45) is 1.18. The molecule has 0 bridgehead atoms. The van der Waals surface area contributed by atoms with Crippen molar-refractivity contribution in [2.24, 2.45) is 11.8 Å². The van der Waals surface area contributed by atoms with Crippen molar-refractivity contribution in [3.63, 3.8) is 0 Å². The third-order valence-electron chi connectivity index (χ3n) is 3.25. The molecule has 3 nitrogen and oxygen atoms in total. The van der Waals surface area contributed by atoms with E-state index >= 15 is 0 Å². The van der Waals surface area contributed by atoms with Gasteiger partial charge in [-0.2, -0.15) is 0 Å². The number of likely N-dealkylation sites (tertiary alicyclic amines) is 1. The second-order valence-electron chi connectivity index (χ2n) is 5.21. The van der Waals surface area contributed by atoms with Gasteiger partial charge in [-0.15, -0.1) is 0 Å². The van der Waals surface area contributed by atoms with E-state index in [9.17, 15) is 9.90 Å². The molecular formula is C14H19NO2. The van der Waals surface area contributed by atoms with Crippen LogP contribution in [0.25, 0.3) is 0 Å². The van der Waals surface area contributed by atoms with Gasteiger partial charge in [-0.05, 0) is 36.5 Å². The molecule has 92 valence electrons. The summed E-state index contributed by atoms with van der Waals surface area (Å²) in [6.45, 7) is 5.99. The van der Waals surface area contributed by atoms with E-state index in [0.717, 1.165) is 13.1 Å². The molecule has 3 heteroatoms. The van der Waals surface area contributed by atoms with Crippen LogP contribution in [0.1, 0.15) is 30.6 Å². The normalized spacial score (nSPS) is 24.7. The van der Waals surface area contributed by atoms with E-state index in [2.05, 4.69) is 13.8 Å². The van der Waals surface area contributed by atoms with E-state index in [1.807, 2.05) is 4.90 Å². The van der Waals surface area contributed by atoms with E-state index in [4.69, 9.17) is 0 Å². The van der Waals surface area contributed by atoms with Crippen LogP contribution >= 0.6 is 0 Å². The fourth-order valence-corrected chi connectivity index (χ4v) is 2.65. The van der Waals surface area contributed by atoms with Crippen molar-refractivity contribution < 1.29 is 9.90 Å². The van der Waals surface area contributed by atoms with Crippen LogP contribution in [-0.4, -0.2) is 29.0 Å². The zero-order chi connectivity index (χ0) is 12.4. The topological polar surface area (TPSA) is 40.5 Å². The summed E-state index contributed by atoms with van der Waals surface area (Å²) < 4.78 is 0. The highest BCUT2D eigenvalue weighted by Gasteiger charge is 2.26. The Balaban J connectivity index is 2.14. The number of piperidine rings is 1. The monoisotopic (exact) mass is 233 g/mol. The van der Waals surface area contributed by atoms with Crippen LogP contribution in [0.2, 0.25) is 0 Å². The van der Waals surface area contributed by atoms with E-state index in [1.165, 1.54) is 12.5 Å². The second kappa shape index (κ2) is 4.78. The number of hydrogen-bond acceptors (Lipinski definition) is 2. The molecule has 2 atom stereocenters. The van der Waals surface area contributed by atoms with Crippen molar-refractivity contribution >= 4 is 5.91 Å². The smallest absolute Gasteiger partial charge is 0.254 e. The molecule has 1 aliphatic heterocycles. The Kier molecular flexibility index (Phi) is 3.36. The summed E-state index contributed by atoms with van der Waals surface area (Å²) >= 11 is 0. The van der Waals surface area contributed by atoms with Gasteiger partial charge in [-0.1, -0.05) is 19.9 Å². The number of phenols is 1. The molecule has 1 aromatic carbocycles. The zero-order valence-corrected chi connectivity index (χ0v) is 10.4. The summed E-state index contributed by atoms with van der Waals surface area (Å²) in [5, 5.41) is 9.39. The van der Waals surface area contributed by atoms with Gasteiger partial charge in [0.05, 0.1) is 0 Å². The average Bonchev–Trinajstić information content (AvgIpc) is 2.26. The first-order valence-electron chi connectivity index (χ1n) is 6.14. The number of hydrogen-bond donors (Lipinski definition) is 1. The van der Waals surface area contributed by atoms with Crippen LogP contribution in [0.3, 0.4) is 0 Å². The zero-order valence-electron chi connectivity index (χ0n) is 10.4. The lowest BCUT2D eigenvalue weighted by atomic mass is 9.91. The van der Waals surface area contributed by atoms with Crippen LogP contribution in [0, 0.1) is 11.8 Å². The molecule has 1 aromatic rings. The molecule has 1 aliphatic rings. The first kappa shape index (κ1) is 12.0. The number of benzene rings is 1. The Morgan fingerprint density at radius 3 is 2.53 bits per heavy atom. The number of rotatable bonds is 1. The lowest BCUT2D eigenvalue weighted by Crippen LogP contribution is -2.42. The Bertz CT molecular complexity index is 406. The number of nitrogens with zero attached hydrogens (tertiary/aromatic N) is 1. The number of amides is 1. The minimum Gasteiger partial charge on any atom is -0.508 e. The molecule has 0 spiro atoms. The first-order valence-corrected chi connectivity index (χ1v) is 6.14. The predicted octanol–water partition coefficient (Wildman–Crippen LogP) is 2.51. The predicted molar refractivity (Wildman–Crippen MR) is 67.0 cm³/mol. The van der Waals surface area contributed by atoms with Crippen LogP contribution in [0.4, 0.5) is 0 Å². The van der Waals surface area contributed by atoms with Gasteiger partial charge in [-0.25, -0.2) is 0 Å². The van der Waals surface area contributed by atoms with Crippen molar-refractivity contribution in [1.82, 2.24) is 4.90 Å². The third-order valence-corrected chi connectivity index (χ3v) is 3.25. The maximum atomic E-state index is 12.3. The van der Waals surface area contributed by atoms with Gasteiger partial charge < -0.3 is 10.0 Å². The SMILES string of the molecule is CC1CC(C)CN(C(=O)c2cccc(O)c2)C1. The summed E-state index contributed by atoms with van der Waals surface area (Å²) in [7, 11) is 0. The highest BCUT2D eigenvalue weighted by atomic mass is 16.3. The van der Waals surface area contributed by atoms with E-state index < -0.39 is 0 Å². The molecule has 0 radical (unpaired) electrons. The maximum Gasteiger partial charge on any atom is 0.254 e. The summed E-state index contributed by atoms with van der Waals surface area (Å²) in [4.78, 5) is 14.2. The number of phenolic OH excluding ortho intramolecular Hbond substituents is 1. The largest absolute Gasteiger partial charge is 0.508 e. The molecule has 17 heavy (non-hydrogen) atoms. The van der Waals surface area contributed by atoms with E-state index in [0.29, 0.717) is 17.4 Å². The van der Waals surface area contributed by atoms with Crippen molar-refractivity contribution in [2.75, 3.05) is 13.1 Å². The Morgan fingerprint density at radius 1 is 1.29 bits per heavy atom. The van der Waals surface area contributed by atoms with Crippen molar-refractivity contribution in [2.45, 2.75) is 20.3 Å². The van der Waals surface area contributed by atoms with E-state index in [1.54, 1.807) is 18.2 Å². The van der Waals surface area contributed by atoms with Gasteiger partial charge in [0.25, 0.3) is 5.91 Å². The van der Waals surface area contributed by atoms with Gasteiger partial charge >= 0.3 is 0 Å². The van der Waals surface area contributed by atoms with Crippen LogP contribution in [-0.2, 0) is 0 Å². The first-order chi connectivity index (χ1) is 8.06. The molecule has 0 aromatic heterocycles. The van der Waals surface area contributed by atoms with Gasteiger partial charge in [0.1, 0.15) is 5.75 Å². The van der Waals surface area contributed by atoms with Gasteiger partial charge in [-0.3, -0.25) is 4.79 Å². The molecule has 0 aliphatic carbocycles. The molecule has 0 saturated carbocycles. The molecule has 2 unspecified atom stereocenters. The van der Waals surface area contributed by atoms with Crippen LogP contribution < -0.4 is 0 Å². The second-order valence-corrected chi connectivity index (χ2v) is 5.21. The summed E-state index contributed by atoms with van der Waals surface area (Å²) in [6, 6.07) is 6.58. The van der Waals surface area contributed by atoms with Crippen molar-refractivity contribution in [3.8, 4) is 5.75 Å². The summed E-state index contributed by atoms with van der Waals surface area (Å²) in [5.41, 5.74) is 0.575. The maximum absolute atomic E-state index is 12.3. The Morgan fingerprint density at radius 2 is 1.94 bits per heavy atom.